The van der Waals surface area contributed by atoms with Crippen molar-refractivity contribution < 1.29 is 0 Å². The van der Waals surface area contributed by atoms with Crippen molar-refractivity contribution in [1.82, 2.24) is 5.32 Å². The molecule has 0 amide bonds. The van der Waals surface area contributed by atoms with Gasteiger partial charge in [-0.05, 0) is 11.1 Å². The zero-order valence-corrected chi connectivity index (χ0v) is 7.46. The van der Waals surface area contributed by atoms with E-state index in [-0.39, 0.29) is 0 Å². The van der Waals surface area contributed by atoms with E-state index >= 15 is 0 Å². The van der Waals surface area contributed by atoms with Gasteiger partial charge in [-0.3, -0.25) is 0 Å². The third-order valence-corrected chi connectivity index (χ3v) is 2.49. The summed E-state index contributed by atoms with van der Waals surface area (Å²) in [5.41, 5.74) is 2.50. The van der Waals surface area contributed by atoms with Crippen LogP contribution in [0.15, 0.2) is 24.3 Å². The van der Waals surface area contributed by atoms with E-state index in [1.54, 1.807) is 0 Å². The van der Waals surface area contributed by atoms with Gasteiger partial charge in [0, 0.05) is 19.0 Å². The molecule has 0 atom stereocenters. The summed E-state index contributed by atoms with van der Waals surface area (Å²) in [6.45, 7) is 2.16. The van der Waals surface area contributed by atoms with Crippen LogP contribution in [0.4, 0.5) is 0 Å². The maximum Gasteiger partial charge on any atom is 0.0669 e. The third-order valence-electron chi connectivity index (χ3n) is 2.49. The monoisotopic (exact) mass is 172 g/mol. The second kappa shape index (κ2) is 3.59. The third kappa shape index (κ3) is 1.71. The molecule has 1 aliphatic heterocycles. The molecular weight excluding hydrogens is 160 g/mol. The first kappa shape index (κ1) is 8.28. The summed E-state index contributed by atoms with van der Waals surface area (Å²) in [7, 11) is 0. The molecule has 0 aliphatic carbocycles. The molecule has 2 nitrogen and oxygen atoms in total. The van der Waals surface area contributed by atoms with Crippen molar-refractivity contribution in [2.45, 2.75) is 12.3 Å². The molecule has 1 aliphatic rings. The maximum absolute atomic E-state index is 8.56. The minimum Gasteiger partial charge on any atom is -0.315 e. The normalized spacial score (nSPS) is 16.2. The summed E-state index contributed by atoms with van der Waals surface area (Å²) >= 11 is 0. The lowest BCUT2D eigenvalue weighted by Crippen LogP contribution is -2.39. The van der Waals surface area contributed by atoms with Gasteiger partial charge in [0.1, 0.15) is 0 Å². The number of nitriles is 1. The number of rotatable bonds is 2. The molecule has 1 heterocycles. The largest absolute Gasteiger partial charge is 0.315 e. The Kier molecular flexibility index (Phi) is 2.29. The molecule has 0 spiro atoms. The van der Waals surface area contributed by atoms with E-state index in [1.165, 1.54) is 5.56 Å². The standard InChI is InChI=1S/C11H12N2/c12-5-4-9-2-1-3-10(6-9)11-7-13-8-11/h1-3,6,11,13H,4,7-8H2. The van der Waals surface area contributed by atoms with E-state index in [1.807, 2.05) is 12.1 Å². The Morgan fingerprint density at radius 1 is 1.46 bits per heavy atom. The molecule has 1 aromatic rings. The Bertz CT molecular complexity index is 334. The van der Waals surface area contributed by atoms with Crippen molar-refractivity contribution in [2.24, 2.45) is 0 Å². The van der Waals surface area contributed by atoms with Crippen LogP contribution >= 0.6 is 0 Å². The van der Waals surface area contributed by atoms with Gasteiger partial charge in [-0.15, -0.1) is 0 Å². The van der Waals surface area contributed by atoms with Crippen LogP contribution in [-0.2, 0) is 6.42 Å². The van der Waals surface area contributed by atoms with Gasteiger partial charge < -0.3 is 5.32 Å². The van der Waals surface area contributed by atoms with Crippen LogP contribution < -0.4 is 5.32 Å². The van der Waals surface area contributed by atoms with E-state index < -0.39 is 0 Å². The summed E-state index contributed by atoms with van der Waals surface area (Å²) in [5.74, 6) is 0.665. The van der Waals surface area contributed by atoms with E-state index in [0.717, 1.165) is 18.7 Å². The highest BCUT2D eigenvalue weighted by Gasteiger charge is 2.18. The lowest BCUT2D eigenvalue weighted by molar-refractivity contribution is 0.448. The van der Waals surface area contributed by atoms with Crippen molar-refractivity contribution in [2.75, 3.05) is 13.1 Å². The Labute approximate surface area is 78.2 Å². The van der Waals surface area contributed by atoms with Gasteiger partial charge in [-0.2, -0.15) is 5.26 Å². The molecule has 0 bridgehead atoms. The molecular formula is C11H12N2. The molecule has 0 unspecified atom stereocenters. The Morgan fingerprint density at radius 3 is 2.92 bits per heavy atom. The smallest absolute Gasteiger partial charge is 0.0669 e. The summed E-state index contributed by atoms with van der Waals surface area (Å²) in [6, 6.07) is 10.5. The molecule has 0 saturated carbocycles. The van der Waals surface area contributed by atoms with Crippen LogP contribution in [0.1, 0.15) is 17.0 Å². The molecule has 1 fully saturated rings. The van der Waals surface area contributed by atoms with Crippen LogP contribution in [0.3, 0.4) is 0 Å². The molecule has 0 radical (unpaired) electrons. The zero-order chi connectivity index (χ0) is 9.10. The van der Waals surface area contributed by atoms with Gasteiger partial charge in [0.15, 0.2) is 0 Å². The minimum atomic E-state index is 0.522. The van der Waals surface area contributed by atoms with Crippen molar-refractivity contribution in [3.63, 3.8) is 0 Å². The molecule has 1 saturated heterocycles. The van der Waals surface area contributed by atoms with Crippen molar-refractivity contribution in [3.8, 4) is 6.07 Å². The average molecular weight is 172 g/mol. The Hall–Kier alpha value is -1.33. The highest BCUT2D eigenvalue weighted by Crippen LogP contribution is 2.20. The van der Waals surface area contributed by atoms with Crippen LogP contribution in [-0.4, -0.2) is 13.1 Å². The van der Waals surface area contributed by atoms with E-state index in [4.69, 9.17) is 5.26 Å². The van der Waals surface area contributed by atoms with E-state index in [9.17, 15) is 0 Å². The predicted octanol–water partition coefficient (Wildman–Crippen LogP) is 1.44. The minimum absolute atomic E-state index is 0.522. The van der Waals surface area contributed by atoms with Crippen LogP contribution in [0.2, 0.25) is 0 Å². The molecule has 66 valence electrons. The van der Waals surface area contributed by atoms with Crippen LogP contribution in [0.5, 0.6) is 0 Å². The van der Waals surface area contributed by atoms with E-state index in [0.29, 0.717) is 12.3 Å². The maximum atomic E-state index is 8.56. The molecule has 13 heavy (non-hydrogen) atoms. The van der Waals surface area contributed by atoms with Gasteiger partial charge in [-0.1, -0.05) is 24.3 Å². The number of nitrogens with zero attached hydrogens (tertiary/aromatic N) is 1. The Balaban J connectivity index is 2.17. The number of hydrogen-bond donors (Lipinski definition) is 1. The summed E-state index contributed by atoms with van der Waals surface area (Å²) in [5, 5.41) is 11.8. The first-order valence-corrected chi connectivity index (χ1v) is 4.56. The summed E-state index contributed by atoms with van der Waals surface area (Å²) in [4.78, 5) is 0. The number of hydrogen-bond acceptors (Lipinski definition) is 2. The molecule has 0 aromatic heterocycles. The Morgan fingerprint density at radius 2 is 2.31 bits per heavy atom. The van der Waals surface area contributed by atoms with Crippen LogP contribution in [0.25, 0.3) is 0 Å². The first-order valence-electron chi connectivity index (χ1n) is 4.56. The molecule has 2 heteroatoms. The topological polar surface area (TPSA) is 35.8 Å². The molecule has 1 aromatic carbocycles. The fraction of sp³-hybridized carbons (Fsp3) is 0.364. The average Bonchev–Trinajstić information content (AvgIpc) is 2.02. The van der Waals surface area contributed by atoms with Gasteiger partial charge >= 0.3 is 0 Å². The second-order valence-corrected chi connectivity index (χ2v) is 3.44. The SMILES string of the molecule is N#CCc1cccc(C2CNC2)c1. The lowest BCUT2D eigenvalue weighted by atomic mass is 9.92. The lowest BCUT2D eigenvalue weighted by Gasteiger charge is -2.27. The van der Waals surface area contributed by atoms with Gasteiger partial charge in [0.25, 0.3) is 0 Å². The quantitative estimate of drug-likeness (QED) is 0.732. The molecule has 2 rings (SSSR count). The van der Waals surface area contributed by atoms with Gasteiger partial charge in [-0.25, -0.2) is 0 Å². The van der Waals surface area contributed by atoms with Crippen molar-refractivity contribution in [1.29, 1.82) is 5.26 Å². The second-order valence-electron chi connectivity index (χ2n) is 3.44. The fourth-order valence-electron chi connectivity index (χ4n) is 1.57. The number of benzene rings is 1. The van der Waals surface area contributed by atoms with Gasteiger partial charge in [0.05, 0.1) is 12.5 Å². The predicted molar refractivity (Wildman–Crippen MR) is 51.4 cm³/mol. The highest BCUT2D eigenvalue weighted by atomic mass is 14.9. The number of nitrogens with one attached hydrogen (secondary N) is 1. The van der Waals surface area contributed by atoms with Gasteiger partial charge in [0.2, 0.25) is 0 Å². The molecule has 1 N–H and O–H groups in total. The fourth-order valence-corrected chi connectivity index (χ4v) is 1.57. The van der Waals surface area contributed by atoms with Crippen molar-refractivity contribution >= 4 is 0 Å². The van der Waals surface area contributed by atoms with E-state index in [2.05, 4.69) is 23.5 Å². The summed E-state index contributed by atoms with van der Waals surface area (Å²) in [6.07, 6.45) is 0.522. The van der Waals surface area contributed by atoms with Crippen LogP contribution in [0, 0.1) is 11.3 Å². The highest BCUT2D eigenvalue weighted by molar-refractivity contribution is 5.29. The zero-order valence-electron chi connectivity index (χ0n) is 7.46. The summed E-state index contributed by atoms with van der Waals surface area (Å²) < 4.78 is 0. The first-order chi connectivity index (χ1) is 6.40. The van der Waals surface area contributed by atoms with Crippen molar-refractivity contribution in [3.05, 3.63) is 35.4 Å².